The molecule has 1 aliphatic rings. The van der Waals surface area contributed by atoms with Gasteiger partial charge in [-0.1, -0.05) is 12.1 Å². The third kappa shape index (κ3) is 3.05. The van der Waals surface area contributed by atoms with Crippen LogP contribution in [0.15, 0.2) is 41.1 Å². The Kier molecular flexibility index (Phi) is 4.63. The summed E-state index contributed by atoms with van der Waals surface area (Å²) in [5.41, 5.74) is 4.34. The lowest BCUT2D eigenvalue weighted by Crippen LogP contribution is -2.52. The molecule has 144 valence electrons. The van der Waals surface area contributed by atoms with E-state index < -0.39 is 6.04 Å². The zero-order chi connectivity index (χ0) is 19.8. The highest BCUT2D eigenvalue weighted by molar-refractivity contribution is 6.04. The van der Waals surface area contributed by atoms with Gasteiger partial charge < -0.3 is 14.6 Å². The fourth-order valence-corrected chi connectivity index (χ4v) is 3.89. The molecule has 3 aromatic rings. The maximum Gasteiger partial charge on any atom is 0.287 e. The Labute approximate surface area is 163 Å². The van der Waals surface area contributed by atoms with Crippen molar-refractivity contribution >= 4 is 28.5 Å². The molecule has 1 fully saturated rings. The van der Waals surface area contributed by atoms with Crippen LogP contribution in [-0.2, 0) is 4.79 Å². The Balaban J connectivity index is 1.59. The van der Waals surface area contributed by atoms with Gasteiger partial charge in [0.1, 0.15) is 11.6 Å². The number of benzene rings is 1. The van der Waals surface area contributed by atoms with Crippen molar-refractivity contribution in [2.24, 2.45) is 0 Å². The van der Waals surface area contributed by atoms with E-state index in [2.05, 4.69) is 10.3 Å². The van der Waals surface area contributed by atoms with Gasteiger partial charge in [-0.25, -0.2) is 0 Å². The van der Waals surface area contributed by atoms with E-state index in [4.69, 9.17) is 4.42 Å². The summed E-state index contributed by atoms with van der Waals surface area (Å²) in [4.78, 5) is 31.6. The lowest BCUT2D eigenvalue weighted by Gasteiger charge is -2.32. The number of rotatable bonds is 3. The largest absolute Gasteiger partial charge is 0.450 e. The fraction of sp³-hybridized carbons (Fsp3) is 0.318. The molecule has 4 rings (SSSR count). The smallest absolute Gasteiger partial charge is 0.287 e. The van der Waals surface area contributed by atoms with E-state index in [9.17, 15) is 9.59 Å². The Bertz CT molecular complexity index is 1060. The second-order valence-corrected chi connectivity index (χ2v) is 7.33. The molecule has 2 amide bonds. The summed E-state index contributed by atoms with van der Waals surface area (Å²) in [6.07, 6.45) is 4.75. The number of nitrogens with zero attached hydrogens (tertiary/aromatic N) is 2. The summed E-state index contributed by atoms with van der Waals surface area (Å²) < 4.78 is 5.91. The third-order valence-corrected chi connectivity index (χ3v) is 5.39. The SMILES string of the molecule is Cc1ccc(C)c2c(C)c(C(=O)NC3CCCN(c4cccnc4)C3=O)oc12. The first-order valence-corrected chi connectivity index (χ1v) is 9.49. The quantitative estimate of drug-likeness (QED) is 0.755. The predicted octanol–water partition coefficient (Wildman–Crippen LogP) is 3.68. The van der Waals surface area contributed by atoms with E-state index in [0.29, 0.717) is 13.0 Å². The van der Waals surface area contributed by atoms with Gasteiger partial charge in [-0.3, -0.25) is 14.6 Å². The van der Waals surface area contributed by atoms with E-state index in [-0.39, 0.29) is 17.6 Å². The number of aromatic nitrogens is 1. The van der Waals surface area contributed by atoms with Crippen LogP contribution in [0.25, 0.3) is 11.0 Å². The topological polar surface area (TPSA) is 75.4 Å². The Hall–Kier alpha value is -3.15. The molecule has 1 saturated heterocycles. The minimum atomic E-state index is -0.573. The standard InChI is InChI=1S/C22H23N3O3/c1-13-8-9-14(2)19-18(13)15(3)20(28-19)21(26)24-17-7-5-11-25(22(17)27)16-6-4-10-23-12-16/h4,6,8-10,12,17H,5,7,11H2,1-3H3,(H,24,26). The summed E-state index contributed by atoms with van der Waals surface area (Å²) >= 11 is 0. The van der Waals surface area contributed by atoms with Gasteiger partial charge in [-0.05, 0) is 56.9 Å². The van der Waals surface area contributed by atoms with Crippen LogP contribution in [0.5, 0.6) is 0 Å². The predicted molar refractivity (Wildman–Crippen MR) is 108 cm³/mol. The van der Waals surface area contributed by atoms with E-state index in [1.165, 1.54) is 0 Å². The van der Waals surface area contributed by atoms with Gasteiger partial charge in [0.15, 0.2) is 5.76 Å². The highest BCUT2D eigenvalue weighted by Crippen LogP contribution is 2.31. The van der Waals surface area contributed by atoms with Gasteiger partial charge in [0.25, 0.3) is 5.91 Å². The molecule has 6 heteroatoms. The zero-order valence-electron chi connectivity index (χ0n) is 16.3. The first kappa shape index (κ1) is 18.2. The molecular weight excluding hydrogens is 354 g/mol. The molecule has 0 radical (unpaired) electrons. The van der Waals surface area contributed by atoms with Gasteiger partial charge in [0, 0.05) is 23.7 Å². The normalized spacial score (nSPS) is 17.2. The molecule has 28 heavy (non-hydrogen) atoms. The molecule has 2 aromatic heterocycles. The first-order valence-electron chi connectivity index (χ1n) is 9.49. The van der Waals surface area contributed by atoms with Gasteiger partial charge in [0.2, 0.25) is 5.91 Å². The van der Waals surface area contributed by atoms with Crippen LogP contribution in [-0.4, -0.2) is 29.4 Å². The molecule has 1 aromatic carbocycles. The summed E-state index contributed by atoms with van der Waals surface area (Å²) in [5, 5.41) is 3.85. The van der Waals surface area contributed by atoms with Crippen LogP contribution in [0, 0.1) is 20.8 Å². The first-order chi connectivity index (χ1) is 13.5. The fourth-order valence-electron chi connectivity index (χ4n) is 3.89. The number of carbonyl (C=O) groups is 2. The van der Waals surface area contributed by atoms with Crippen molar-refractivity contribution in [1.82, 2.24) is 10.3 Å². The second-order valence-electron chi connectivity index (χ2n) is 7.33. The molecule has 6 nitrogen and oxygen atoms in total. The molecule has 1 atom stereocenters. The van der Waals surface area contributed by atoms with Gasteiger partial charge >= 0.3 is 0 Å². The van der Waals surface area contributed by atoms with E-state index >= 15 is 0 Å². The van der Waals surface area contributed by atoms with Crippen LogP contribution in [0.1, 0.15) is 40.1 Å². The van der Waals surface area contributed by atoms with Crippen LogP contribution < -0.4 is 10.2 Å². The van der Waals surface area contributed by atoms with Gasteiger partial charge in [-0.2, -0.15) is 0 Å². The van der Waals surface area contributed by atoms with E-state index in [1.807, 2.05) is 39.0 Å². The minimum absolute atomic E-state index is 0.117. The summed E-state index contributed by atoms with van der Waals surface area (Å²) in [6.45, 7) is 6.47. The lowest BCUT2D eigenvalue weighted by atomic mass is 10.0. The molecule has 1 N–H and O–H groups in total. The number of carbonyl (C=O) groups excluding carboxylic acids is 2. The number of furan rings is 1. The van der Waals surface area contributed by atoms with E-state index in [0.717, 1.165) is 39.8 Å². The van der Waals surface area contributed by atoms with Crippen molar-refractivity contribution in [1.29, 1.82) is 0 Å². The molecule has 0 bridgehead atoms. The highest BCUT2D eigenvalue weighted by Gasteiger charge is 2.32. The van der Waals surface area contributed by atoms with Crippen LogP contribution >= 0.6 is 0 Å². The van der Waals surface area contributed by atoms with Crippen molar-refractivity contribution in [2.75, 3.05) is 11.4 Å². The number of piperidine rings is 1. The van der Waals surface area contributed by atoms with Crippen molar-refractivity contribution in [3.8, 4) is 0 Å². The number of pyridine rings is 1. The Morgan fingerprint density at radius 2 is 2.00 bits per heavy atom. The Morgan fingerprint density at radius 3 is 2.71 bits per heavy atom. The van der Waals surface area contributed by atoms with Crippen molar-refractivity contribution in [3.05, 3.63) is 59.1 Å². The second kappa shape index (κ2) is 7.11. The zero-order valence-corrected chi connectivity index (χ0v) is 16.3. The Morgan fingerprint density at radius 1 is 1.21 bits per heavy atom. The number of hydrogen-bond donors (Lipinski definition) is 1. The molecule has 0 saturated carbocycles. The van der Waals surface area contributed by atoms with Crippen molar-refractivity contribution in [2.45, 2.75) is 39.7 Å². The maximum atomic E-state index is 12.9. The van der Waals surface area contributed by atoms with Crippen LogP contribution in [0.4, 0.5) is 5.69 Å². The van der Waals surface area contributed by atoms with E-state index in [1.54, 1.807) is 23.4 Å². The van der Waals surface area contributed by atoms with Crippen molar-refractivity contribution in [3.63, 3.8) is 0 Å². The minimum Gasteiger partial charge on any atom is -0.450 e. The summed E-state index contributed by atoms with van der Waals surface area (Å²) in [6, 6.07) is 7.09. The molecule has 1 aliphatic heterocycles. The molecular formula is C22H23N3O3. The maximum absolute atomic E-state index is 12.9. The third-order valence-electron chi connectivity index (χ3n) is 5.39. The van der Waals surface area contributed by atoms with Gasteiger partial charge in [-0.15, -0.1) is 0 Å². The van der Waals surface area contributed by atoms with Crippen molar-refractivity contribution < 1.29 is 14.0 Å². The monoisotopic (exact) mass is 377 g/mol. The van der Waals surface area contributed by atoms with Crippen LogP contribution in [0.2, 0.25) is 0 Å². The molecule has 0 spiro atoms. The molecule has 3 heterocycles. The number of fused-ring (bicyclic) bond motifs is 1. The average Bonchev–Trinajstić information content (AvgIpc) is 3.06. The molecule has 0 aliphatic carbocycles. The number of hydrogen-bond acceptors (Lipinski definition) is 4. The molecule has 1 unspecified atom stereocenters. The highest BCUT2D eigenvalue weighted by atomic mass is 16.3. The number of aryl methyl sites for hydroxylation is 3. The average molecular weight is 377 g/mol. The number of anilines is 1. The number of amides is 2. The van der Waals surface area contributed by atoms with Crippen LogP contribution in [0.3, 0.4) is 0 Å². The lowest BCUT2D eigenvalue weighted by molar-refractivity contribution is -0.121. The summed E-state index contributed by atoms with van der Waals surface area (Å²) in [7, 11) is 0. The number of nitrogens with one attached hydrogen (secondary N) is 1. The van der Waals surface area contributed by atoms with Gasteiger partial charge in [0.05, 0.1) is 11.9 Å². The summed E-state index contributed by atoms with van der Waals surface area (Å²) in [5.74, 6) is -0.189.